The first-order chi connectivity index (χ1) is 5.86. The van der Waals surface area contributed by atoms with Crippen LogP contribution in [-0.4, -0.2) is 19.0 Å². The van der Waals surface area contributed by atoms with Gasteiger partial charge in [-0.1, -0.05) is 11.8 Å². The molecule has 1 atom stereocenters. The lowest BCUT2D eigenvalue weighted by Gasteiger charge is -2.23. The van der Waals surface area contributed by atoms with E-state index in [0.717, 1.165) is 25.9 Å². The lowest BCUT2D eigenvalue weighted by Crippen LogP contribution is -2.26. The van der Waals surface area contributed by atoms with E-state index in [4.69, 9.17) is 22.3 Å². The van der Waals surface area contributed by atoms with Crippen molar-refractivity contribution in [3.05, 3.63) is 0 Å². The van der Waals surface area contributed by atoms with Crippen molar-refractivity contribution in [1.29, 1.82) is 0 Å². The maximum Gasteiger partial charge on any atom is 0.181 e. The third kappa shape index (κ3) is 2.58. The van der Waals surface area contributed by atoms with E-state index in [-0.39, 0.29) is 6.29 Å². The van der Waals surface area contributed by atoms with Crippen molar-refractivity contribution in [2.45, 2.75) is 31.7 Å². The van der Waals surface area contributed by atoms with Crippen LogP contribution >= 0.6 is 0 Å². The average Bonchev–Trinajstić information content (AvgIpc) is 2.16. The third-order valence-electron chi connectivity index (χ3n) is 1.73. The fraction of sp³-hybridized carbons (Fsp3) is 0.600. The summed E-state index contributed by atoms with van der Waals surface area (Å²) in [4.78, 5) is 0. The molecule has 1 rings (SSSR count). The monoisotopic (exact) mass is 164 g/mol. The Morgan fingerprint density at radius 2 is 2.08 bits per heavy atom. The molecular weight excluding hydrogens is 152 g/mol. The Balaban J connectivity index is 2.30. The lowest BCUT2D eigenvalue weighted by atomic mass is 10.2. The molecule has 2 nitrogen and oxygen atoms in total. The van der Waals surface area contributed by atoms with E-state index in [2.05, 4.69) is 11.8 Å². The second-order valence-electron chi connectivity index (χ2n) is 2.65. The molecule has 0 bridgehead atoms. The van der Waals surface area contributed by atoms with E-state index in [1.165, 1.54) is 0 Å². The van der Waals surface area contributed by atoms with E-state index in [9.17, 15) is 0 Å². The molecule has 0 radical (unpaired) electrons. The highest BCUT2D eigenvalue weighted by molar-refractivity contribution is 5.12. The van der Waals surface area contributed by atoms with Crippen LogP contribution in [-0.2, 0) is 9.47 Å². The van der Waals surface area contributed by atoms with Crippen LogP contribution in [0.1, 0.15) is 19.3 Å². The zero-order valence-corrected chi connectivity index (χ0v) is 6.95. The van der Waals surface area contributed by atoms with E-state index in [0.29, 0.717) is 0 Å². The Hall–Kier alpha value is -0.960. The van der Waals surface area contributed by atoms with Gasteiger partial charge in [-0.05, 0) is 19.3 Å². The topological polar surface area (TPSA) is 18.5 Å². The summed E-state index contributed by atoms with van der Waals surface area (Å²) in [5.74, 6) is 4.72. The second-order valence-corrected chi connectivity index (χ2v) is 2.65. The van der Waals surface area contributed by atoms with Gasteiger partial charge >= 0.3 is 0 Å². The van der Waals surface area contributed by atoms with Gasteiger partial charge in [0.05, 0.1) is 0 Å². The maximum absolute atomic E-state index is 5.30. The molecule has 0 aromatic carbocycles. The minimum Gasteiger partial charge on any atom is -0.353 e. The maximum atomic E-state index is 5.30. The Bertz CT molecular complexity index is 189. The van der Waals surface area contributed by atoms with Crippen molar-refractivity contribution < 1.29 is 9.47 Å². The largest absolute Gasteiger partial charge is 0.353 e. The standard InChI is InChI=1S/C10H12O2/c1-3-9(4-2)12-10-7-5-6-8-11-10/h1-2,9-10H,5-8H2. The van der Waals surface area contributed by atoms with Crippen LogP contribution in [0.15, 0.2) is 0 Å². The zero-order valence-electron chi connectivity index (χ0n) is 6.95. The predicted molar refractivity (Wildman–Crippen MR) is 46.1 cm³/mol. The van der Waals surface area contributed by atoms with Crippen LogP contribution in [0.2, 0.25) is 0 Å². The van der Waals surface area contributed by atoms with Gasteiger partial charge in [0, 0.05) is 6.61 Å². The van der Waals surface area contributed by atoms with Crippen molar-refractivity contribution in [2.75, 3.05) is 6.61 Å². The minimum atomic E-state index is -0.548. The summed E-state index contributed by atoms with van der Waals surface area (Å²) in [5, 5.41) is 0. The quantitative estimate of drug-likeness (QED) is 0.570. The molecule has 0 aromatic rings. The molecule has 1 aliphatic rings. The van der Waals surface area contributed by atoms with E-state index in [1.807, 2.05) is 0 Å². The summed E-state index contributed by atoms with van der Waals surface area (Å²) in [6.07, 6.45) is 12.6. The van der Waals surface area contributed by atoms with Gasteiger partial charge in [0.15, 0.2) is 12.4 Å². The number of hydrogen-bond acceptors (Lipinski definition) is 2. The molecular formula is C10H12O2. The van der Waals surface area contributed by atoms with Crippen molar-refractivity contribution in [1.82, 2.24) is 0 Å². The van der Waals surface area contributed by atoms with Crippen molar-refractivity contribution >= 4 is 0 Å². The molecule has 0 aromatic heterocycles. The minimum absolute atomic E-state index is 0.198. The van der Waals surface area contributed by atoms with Gasteiger partial charge in [0.25, 0.3) is 0 Å². The molecule has 12 heavy (non-hydrogen) atoms. The molecule has 1 unspecified atom stereocenters. The van der Waals surface area contributed by atoms with Crippen LogP contribution < -0.4 is 0 Å². The van der Waals surface area contributed by atoms with Crippen LogP contribution in [0.25, 0.3) is 0 Å². The van der Waals surface area contributed by atoms with Crippen molar-refractivity contribution in [2.24, 2.45) is 0 Å². The smallest absolute Gasteiger partial charge is 0.181 e. The lowest BCUT2D eigenvalue weighted by molar-refractivity contribution is -0.166. The van der Waals surface area contributed by atoms with Gasteiger partial charge in [0.1, 0.15) is 0 Å². The normalized spacial score (nSPS) is 23.1. The summed E-state index contributed by atoms with van der Waals surface area (Å²) in [6.45, 7) is 0.743. The molecule has 64 valence electrons. The van der Waals surface area contributed by atoms with Crippen LogP contribution in [0.3, 0.4) is 0 Å². The van der Waals surface area contributed by atoms with Crippen molar-refractivity contribution in [3.63, 3.8) is 0 Å². The summed E-state index contributed by atoms with van der Waals surface area (Å²) in [7, 11) is 0. The number of hydrogen-bond donors (Lipinski definition) is 0. The van der Waals surface area contributed by atoms with E-state index in [1.54, 1.807) is 0 Å². The highest BCUT2D eigenvalue weighted by Crippen LogP contribution is 2.14. The molecule has 0 spiro atoms. The molecule has 1 heterocycles. The molecule has 2 heteroatoms. The van der Waals surface area contributed by atoms with Gasteiger partial charge < -0.3 is 9.47 Å². The molecule has 0 saturated carbocycles. The Kier molecular flexibility index (Phi) is 3.67. The molecule has 0 N–H and O–H groups in total. The first kappa shape index (κ1) is 9.13. The first-order valence-electron chi connectivity index (χ1n) is 4.06. The highest BCUT2D eigenvalue weighted by Gasteiger charge is 2.16. The molecule has 1 fully saturated rings. The summed E-state index contributed by atoms with van der Waals surface area (Å²) >= 11 is 0. The fourth-order valence-corrected chi connectivity index (χ4v) is 1.10. The Morgan fingerprint density at radius 1 is 1.33 bits per heavy atom. The number of ether oxygens (including phenoxy) is 2. The number of rotatable bonds is 2. The van der Waals surface area contributed by atoms with Crippen LogP contribution in [0, 0.1) is 24.7 Å². The summed E-state index contributed by atoms with van der Waals surface area (Å²) in [6, 6.07) is 0. The molecule has 1 saturated heterocycles. The van der Waals surface area contributed by atoms with E-state index < -0.39 is 6.10 Å². The Morgan fingerprint density at radius 3 is 2.58 bits per heavy atom. The van der Waals surface area contributed by atoms with Gasteiger partial charge in [0.2, 0.25) is 0 Å². The van der Waals surface area contributed by atoms with E-state index >= 15 is 0 Å². The van der Waals surface area contributed by atoms with Crippen LogP contribution in [0.5, 0.6) is 0 Å². The van der Waals surface area contributed by atoms with Crippen LogP contribution in [0.4, 0.5) is 0 Å². The number of terminal acetylenes is 2. The van der Waals surface area contributed by atoms with Gasteiger partial charge in [-0.25, -0.2) is 0 Å². The first-order valence-corrected chi connectivity index (χ1v) is 4.06. The molecule has 0 amide bonds. The van der Waals surface area contributed by atoms with Gasteiger partial charge in [-0.2, -0.15) is 0 Å². The van der Waals surface area contributed by atoms with Gasteiger partial charge in [-0.3, -0.25) is 0 Å². The van der Waals surface area contributed by atoms with Gasteiger partial charge in [-0.15, -0.1) is 12.8 Å². The average molecular weight is 164 g/mol. The highest BCUT2D eigenvalue weighted by atomic mass is 16.7. The predicted octanol–water partition coefficient (Wildman–Crippen LogP) is 1.16. The third-order valence-corrected chi connectivity index (χ3v) is 1.73. The molecule has 1 aliphatic heterocycles. The Labute approximate surface area is 73.2 Å². The second kappa shape index (κ2) is 4.83. The fourth-order valence-electron chi connectivity index (χ4n) is 1.10. The SMILES string of the molecule is C#CC(C#C)OC1CCCCO1. The molecule has 0 aliphatic carbocycles. The van der Waals surface area contributed by atoms with Crippen molar-refractivity contribution in [3.8, 4) is 24.7 Å². The summed E-state index contributed by atoms with van der Waals surface area (Å²) < 4.78 is 10.6. The zero-order chi connectivity index (χ0) is 8.81. The summed E-state index contributed by atoms with van der Waals surface area (Å²) in [5.41, 5.74) is 0.